The van der Waals surface area contributed by atoms with E-state index in [1.807, 2.05) is 48.5 Å². The highest BCUT2D eigenvalue weighted by Crippen LogP contribution is 2.44. The van der Waals surface area contributed by atoms with E-state index in [-0.39, 0.29) is 5.48 Å². The zero-order valence-corrected chi connectivity index (χ0v) is 7.94. The molecule has 0 bridgehead atoms. The first-order chi connectivity index (χ1) is 6.93. The summed E-state index contributed by atoms with van der Waals surface area (Å²) in [6.45, 7) is 0. The van der Waals surface area contributed by atoms with Gasteiger partial charge in [0, 0.05) is 0 Å². The van der Waals surface area contributed by atoms with Gasteiger partial charge in [-0.25, -0.2) is 0 Å². The van der Waals surface area contributed by atoms with Crippen LogP contribution in [-0.2, 0) is 0 Å². The molecule has 2 aliphatic rings. The smallest absolute Gasteiger partial charge is 0.170 e. The third-order valence-electron chi connectivity index (χ3n) is 2.05. The van der Waals surface area contributed by atoms with Crippen LogP contribution in [0.15, 0.2) is 48.5 Å². The molecule has 2 N–H and O–H groups in total. The van der Waals surface area contributed by atoms with Crippen molar-refractivity contribution >= 4 is 0 Å². The quantitative estimate of drug-likeness (QED) is 0.411. The SMILES string of the molecule is O.c1ccc2c(c1)O2.c1ccc2c(c1)O2. The fourth-order valence-electron chi connectivity index (χ4n) is 1.22. The first-order valence-corrected chi connectivity index (χ1v) is 4.47. The number of benzene rings is 2. The van der Waals surface area contributed by atoms with Gasteiger partial charge >= 0.3 is 0 Å². The lowest BCUT2D eigenvalue weighted by Gasteiger charge is -1.61. The van der Waals surface area contributed by atoms with E-state index in [1.54, 1.807) is 0 Å². The molecule has 0 spiro atoms. The molecule has 0 saturated carbocycles. The molecule has 2 aromatic carbocycles. The fraction of sp³-hybridized carbons (Fsp3) is 0. The van der Waals surface area contributed by atoms with E-state index in [4.69, 9.17) is 9.47 Å². The lowest BCUT2D eigenvalue weighted by Crippen LogP contribution is -1.37. The van der Waals surface area contributed by atoms with Gasteiger partial charge in [-0.1, -0.05) is 24.3 Å². The molecule has 0 saturated heterocycles. The van der Waals surface area contributed by atoms with Crippen molar-refractivity contribution in [1.82, 2.24) is 0 Å². The number of hydrogen-bond donors (Lipinski definition) is 0. The highest BCUT2D eigenvalue weighted by atomic mass is 16.6. The molecule has 15 heavy (non-hydrogen) atoms. The van der Waals surface area contributed by atoms with Crippen molar-refractivity contribution in [1.29, 1.82) is 0 Å². The Balaban J connectivity index is 0.000000107. The van der Waals surface area contributed by atoms with Gasteiger partial charge in [0.2, 0.25) is 0 Å². The topological polar surface area (TPSA) is 56.6 Å². The third-order valence-corrected chi connectivity index (χ3v) is 2.05. The van der Waals surface area contributed by atoms with Crippen LogP contribution in [-0.4, -0.2) is 5.48 Å². The van der Waals surface area contributed by atoms with Crippen LogP contribution in [0.2, 0.25) is 0 Å². The Morgan fingerprint density at radius 2 is 0.800 bits per heavy atom. The molecule has 0 unspecified atom stereocenters. The second kappa shape index (κ2) is 3.63. The minimum Gasteiger partial charge on any atom is -0.450 e. The Morgan fingerprint density at radius 3 is 1.00 bits per heavy atom. The number of rotatable bonds is 0. The molecular weight excluding hydrogens is 192 g/mol. The molecule has 2 aliphatic heterocycles. The van der Waals surface area contributed by atoms with Gasteiger partial charge in [0.1, 0.15) is 0 Å². The molecule has 4 rings (SSSR count). The van der Waals surface area contributed by atoms with Crippen molar-refractivity contribution in [2.45, 2.75) is 0 Å². The van der Waals surface area contributed by atoms with Crippen LogP contribution in [0, 0.1) is 0 Å². The summed E-state index contributed by atoms with van der Waals surface area (Å²) >= 11 is 0. The summed E-state index contributed by atoms with van der Waals surface area (Å²) in [4.78, 5) is 0. The van der Waals surface area contributed by atoms with Crippen LogP contribution in [0.25, 0.3) is 0 Å². The van der Waals surface area contributed by atoms with Crippen LogP contribution < -0.4 is 9.47 Å². The van der Waals surface area contributed by atoms with E-state index in [2.05, 4.69) is 0 Å². The van der Waals surface area contributed by atoms with E-state index in [0.717, 1.165) is 23.0 Å². The van der Waals surface area contributed by atoms with Gasteiger partial charge < -0.3 is 14.9 Å². The van der Waals surface area contributed by atoms with Crippen molar-refractivity contribution < 1.29 is 14.9 Å². The summed E-state index contributed by atoms with van der Waals surface area (Å²) in [5.74, 6) is 4.12. The highest BCUT2D eigenvalue weighted by molar-refractivity contribution is 5.53. The van der Waals surface area contributed by atoms with Crippen LogP contribution in [0.5, 0.6) is 23.0 Å². The summed E-state index contributed by atoms with van der Waals surface area (Å²) in [6.07, 6.45) is 0. The standard InChI is InChI=1S/2C6H4O.H2O/c2*1-2-4-6-5(3-1)7-6;/h2*1-4H;1H2. The average Bonchev–Trinajstić information content (AvgIpc) is 3.13. The molecule has 2 heterocycles. The Hall–Kier alpha value is -2.00. The molecule has 76 valence electrons. The maximum absolute atomic E-state index is 4.94. The predicted molar refractivity (Wildman–Crippen MR) is 56.6 cm³/mol. The van der Waals surface area contributed by atoms with Crippen molar-refractivity contribution in [3.63, 3.8) is 0 Å². The third kappa shape index (κ3) is 2.08. The number of para-hydroxylation sites is 4. The maximum atomic E-state index is 4.94. The van der Waals surface area contributed by atoms with E-state index < -0.39 is 0 Å². The molecule has 2 aromatic rings. The number of ether oxygens (including phenoxy) is 2. The van der Waals surface area contributed by atoms with Crippen LogP contribution in [0.1, 0.15) is 0 Å². The van der Waals surface area contributed by atoms with Gasteiger partial charge in [-0.2, -0.15) is 0 Å². The summed E-state index contributed by atoms with van der Waals surface area (Å²) in [6, 6.07) is 15.7. The molecule has 0 fully saturated rings. The van der Waals surface area contributed by atoms with E-state index in [9.17, 15) is 0 Å². The molecular formula is C12H10O3. The van der Waals surface area contributed by atoms with Crippen molar-refractivity contribution in [3.8, 4) is 23.0 Å². The predicted octanol–water partition coefficient (Wildman–Crippen LogP) is 2.76. The molecule has 3 heteroatoms. The van der Waals surface area contributed by atoms with Gasteiger partial charge in [0.05, 0.1) is 0 Å². The molecule has 0 amide bonds. The minimum absolute atomic E-state index is 0. The Labute approximate surface area is 87.2 Å². The molecule has 0 aliphatic carbocycles. The average molecular weight is 202 g/mol. The number of hydrogen-bond acceptors (Lipinski definition) is 2. The second-order valence-corrected chi connectivity index (χ2v) is 3.10. The van der Waals surface area contributed by atoms with Gasteiger partial charge in [0.25, 0.3) is 0 Å². The lowest BCUT2D eigenvalue weighted by atomic mass is 10.4. The van der Waals surface area contributed by atoms with Crippen molar-refractivity contribution in [3.05, 3.63) is 48.5 Å². The molecule has 0 atom stereocenters. The zero-order chi connectivity index (χ0) is 9.38. The molecule has 0 aromatic heterocycles. The molecule has 3 nitrogen and oxygen atoms in total. The summed E-state index contributed by atoms with van der Waals surface area (Å²) < 4.78 is 9.88. The van der Waals surface area contributed by atoms with Gasteiger partial charge in [-0.05, 0) is 24.3 Å². The van der Waals surface area contributed by atoms with Crippen molar-refractivity contribution in [2.24, 2.45) is 0 Å². The van der Waals surface area contributed by atoms with E-state index in [1.165, 1.54) is 0 Å². The highest BCUT2D eigenvalue weighted by Gasteiger charge is 2.16. The monoisotopic (exact) mass is 202 g/mol. The Kier molecular flexibility index (Phi) is 2.31. The maximum Gasteiger partial charge on any atom is 0.170 e. The summed E-state index contributed by atoms with van der Waals surface area (Å²) in [5.41, 5.74) is 0. The van der Waals surface area contributed by atoms with Gasteiger partial charge in [0.15, 0.2) is 23.0 Å². The molecule has 0 radical (unpaired) electrons. The van der Waals surface area contributed by atoms with E-state index in [0.29, 0.717) is 0 Å². The van der Waals surface area contributed by atoms with Gasteiger partial charge in [-0.15, -0.1) is 0 Å². The van der Waals surface area contributed by atoms with Crippen LogP contribution in [0.3, 0.4) is 0 Å². The first kappa shape index (κ1) is 9.55. The minimum atomic E-state index is 0. The first-order valence-electron chi connectivity index (χ1n) is 4.47. The largest absolute Gasteiger partial charge is 0.450 e. The Bertz CT molecular complexity index is 392. The Morgan fingerprint density at radius 1 is 0.533 bits per heavy atom. The summed E-state index contributed by atoms with van der Waals surface area (Å²) in [7, 11) is 0. The normalized spacial score (nSPS) is 11.2. The van der Waals surface area contributed by atoms with Crippen molar-refractivity contribution in [2.75, 3.05) is 0 Å². The number of fused-ring (bicyclic) bond motifs is 2. The zero-order valence-electron chi connectivity index (χ0n) is 7.94. The van der Waals surface area contributed by atoms with Gasteiger partial charge in [-0.3, -0.25) is 0 Å². The lowest BCUT2D eigenvalue weighted by molar-refractivity contribution is 0.649. The fourth-order valence-corrected chi connectivity index (χ4v) is 1.22. The summed E-state index contributed by atoms with van der Waals surface area (Å²) in [5, 5.41) is 0. The van der Waals surface area contributed by atoms with Crippen LogP contribution in [0.4, 0.5) is 0 Å². The van der Waals surface area contributed by atoms with E-state index >= 15 is 0 Å². The second-order valence-electron chi connectivity index (χ2n) is 3.10. The van der Waals surface area contributed by atoms with Crippen LogP contribution >= 0.6 is 0 Å².